The van der Waals surface area contributed by atoms with Gasteiger partial charge in [-0.05, 0) is 56.7 Å². The number of halogens is 2. The second-order valence-electron chi connectivity index (χ2n) is 8.45. The van der Waals surface area contributed by atoms with Gasteiger partial charge in [0.15, 0.2) is 5.65 Å². The third-order valence-electron chi connectivity index (χ3n) is 6.75. The monoisotopic (exact) mass is 441 g/mol. The number of nitrogens with one attached hydrogen (secondary N) is 2. The minimum Gasteiger partial charge on any atom is -0.391 e. The number of nitrogens with zero attached hydrogens (tertiary/aromatic N) is 3. The third kappa shape index (κ3) is 4.24. The minimum absolute atomic E-state index is 0. The Hall–Kier alpha value is -1.41. The molecule has 2 aromatic heterocycles. The van der Waals surface area contributed by atoms with Gasteiger partial charge in [-0.2, -0.15) is 0 Å². The Balaban J connectivity index is 0.00000120. The van der Waals surface area contributed by atoms with Gasteiger partial charge in [0, 0.05) is 12.2 Å². The lowest BCUT2D eigenvalue weighted by molar-refractivity contribution is 0.0462. The molecule has 0 bridgehead atoms. The first-order chi connectivity index (χ1) is 13.2. The molecule has 7 nitrogen and oxygen atoms in total. The molecule has 1 aliphatic heterocycles. The number of hydrogen-bond acceptors (Lipinski definition) is 5. The van der Waals surface area contributed by atoms with Crippen LogP contribution in [0.4, 0.5) is 0 Å². The van der Waals surface area contributed by atoms with E-state index in [4.69, 9.17) is 0 Å². The van der Waals surface area contributed by atoms with Crippen LogP contribution in [0, 0.1) is 11.8 Å². The molecule has 3 N–H and O–H groups in total. The van der Waals surface area contributed by atoms with Gasteiger partial charge in [0.05, 0.1) is 24.0 Å². The van der Waals surface area contributed by atoms with Crippen LogP contribution in [-0.2, 0) is 0 Å². The summed E-state index contributed by atoms with van der Waals surface area (Å²) >= 11 is 0. The summed E-state index contributed by atoms with van der Waals surface area (Å²) in [5.41, 5.74) is 2.13. The Labute approximate surface area is 182 Å². The normalized spacial score (nSPS) is 29.1. The van der Waals surface area contributed by atoms with Crippen LogP contribution >= 0.6 is 24.8 Å². The van der Waals surface area contributed by atoms with Crippen molar-refractivity contribution >= 4 is 41.9 Å². The highest BCUT2D eigenvalue weighted by molar-refractivity contribution is 5.96. The van der Waals surface area contributed by atoms with E-state index in [0.29, 0.717) is 23.4 Å². The van der Waals surface area contributed by atoms with Crippen LogP contribution in [-0.4, -0.2) is 50.8 Å². The maximum atomic E-state index is 12.7. The van der Waals surface area contributed by atoms with E-state index in [-0.39, 0.29) is 36.8 Å². The molecule has 0 aromatic carbocycles. The molecule has 1 saturated heterocycles. The number of imidazole rings is 1. The minimum atomic E-state index is -0.478. The molecule has 3 heterocycles. The Morgan fingerprint density at radius 2 is 1.86 bits per heavy atom. The molecule has 2 aliphatic carbocycles. The zero-order chi connectivity index (χ0) is 18.4. The zero-order valence-corrected chi connectivity index (χ0v) is 17.9. The van der Waals surface area contributed by atoms with Crippen molar-refractivity contribution < 1.29 is 9.90 Å². The molecule has 3 fully saturated rings. The molecule has 5 rings (SSSR count). The van der Waals surface area contributed by atoms with E-state index in [1.165, 1.54) is 25.7 Å². The van der Waals surface area contributed by atoms with E-state index in [1.807, 2.05) is 12.4 Å². The molecule has 2 aromatic rings. The predicted octanol–water partition coefficient (Wildman–Crippen LogP) is 2.48. The average molecular weight is 442 g/mol. The summed E-state index contributed by atoms with van der Waals surface area (Å²) in [6.45, 7) is 1.96. The molecule has 1 amide bonds. The van der Waals surface area contributed by atoms with Crippen molar-refractivity contribution in [3.05, 3.63) is 24.2 Å². The fourth-order valence-corrected chi connectivity index (χ4v) is 5.20. The summed E-state index contributed by atoms with van der Waals surface area (Å²) < 4.78 is 2.15. The molecule has 9 heteroatoms. The number of carbonyl (C=O) groups is 1. The zero-order valence-electron chi connectivity index (χ0n) is 16.3. The van der Waals surface area contributed by atoms with Crippen molar-refractivity contribution in [1.29, 1.82) is 0 Å². The van der Waals surface area contributed by atoms with Crippen LogP contribution in [0.15, 0.2) is 18.6 Å². The maximum Gasteiger partial charge on any atom is 0.253 e. The highest BCUT2D eigenvalue weighted by Crippen LogP contribution is 2.33. The number of aliphatic hydroxyl groups excluding tert-OH is 1. The highest BCUT2D eigenvalue weighted by atomic mass is 35.5. The number of carbonyl (C=O) groups excluding carboxylic acids is 1. The van der Waals surface area contributed by atoms with Gasteiger partial charge in [-0.15, -0.1) is 24.8 Å². The second kappa shape index (κ2) is 9.16. The van der Waals surface area contributed by atoms with Gasteiger partial charge in [0.2, 0.25) is 0 Å². The van der Waals surface area contributed by atoms with Crippen LogP contribution in [0.5, 0.6) is 0 Å². The fourth-order valence-electron chi connectivity index (χ4n) is 5.20. The van der Waals surface area contributed by atoms with Gasteiger partial charge >= 0.3 is 0 Å². The molecule has 2 saturated carbocycles. The SMILES string of the molecule is Cl.Cl.O=C(N[C@H]1C[C@H]2CNC[C@H]2C[C@@H]1O)c1cnc2c(c1)ncn2C1CCCC1. The van der Waals surface area contributed by atoms with Crippen LogP contribution in [0.3, 0.4) is 0 Å². The summed E-state index contributed by atoms with van der Waals surface area (Å²) in [5, 5.41) is 16.9. The summed E-state index contributed by atoms with van der Waals surface area (Å²) in [4.78, 5) is 21.8. The van der Waals surface area contributed by atoms with Gasteiger partial charge in [0.25, 0.3) is 5.91 Å². The van der Waals surface area contributed by atoms with Crippen molar-refractivity contribution in [2.24, 2.45) is 11.8 Å². The molecule has 0 spiro atoms. The van der Waals surface area contributed by atoms with Crippen molar-refractivity contribution in [3.63, 3.8) is 0 Å². The van der Waals surface area contributed by atoms with Gasteiger partial charge < -0.3 is 20.3 Å². The highest BCUT2D eigenvalue weighted by Gasteiger charge is 2.39. The molecule has 29 heavy (non-hydrogen) atoms. The molecule has 3 aliphatic rings. The first-order valence-corrected chi connectivity index (χ1v) is 10.2. The summed E-state index contributed by atoms with van der Waals surface area (Å²) in [7, 11) is 0. The maximum absolute atomic E-state index is 12.7. The lowest BCUT2D eigenvalue weighted by atomic mass is 9.77. The number of hydrogen-bond donors (Lipinski definition) is 3. The Morgan fingerprint density at radius 3 is 2.62 bits per heavy atom. The van der Waals surface area contributed by atoms with Crippen molar-refractivity contribution in [1.82, 2.24) is 25.2 Å². The van der Waals surface area contributed by atoms with Crippen LogP contribution < -0.4 is 10.6 Å². The summed E-state index contributed by atoms with van der Waals surface area (Å²) in [5.74, 6) is 0.903. The topological polar surface area (TPSA) is 92.1 Å². The molecule has 0 radical (unpaired) electrons. The first-order valence-electron chi connectivity index (χ1n) is 10.2. The van der Waals surface area contributed by atoms with Gasteiger partial charge in [-0.25, -0.2) is 9.97 Å². The summed E-state index contributed by atoms with van der Waals surface area (Å²) in [6.07, 6.45) is 9.46. The van der Waals surface area contributed by atoms with Crippen molar-refractivity contribution in [2.45, 2.75) is 56.7 Å². The smallest absolute Gasteiger partial charge is 0.253 e. The molecule has 0 unspecified atom stereocenters. The third-order valence-corrected chi connectivity index (χ3v) is 6.75. The lowest BCUT2D eigenvalue weighted by Crippen LogP contribution is -2.49. The average Bonchev–Trinajstić information content (AvgIpc) is 3.41. The summed E-state index contributed by atoms with van der Waals surface area (Å²) in [6, 6.07) is 2.11. The number of pyridine rings is 1. The quantitative estimate of drug-likeness (QED) is 0.680. The Bertz CT molecular complexity index is 855. The number of amides is 1. The van der Waals surface area contributed by atoms with Crippen LogP contribution in [0.2, 0.25) is 0 Å². The van der Waals surface area contributed by atoms with Gasteiger partial charge in [0.1, 0.15) is 5.52 Å². The largest absolute Gasteiger partial charge is 0.391 e. The molecular weight excluding hydrogens is 413 g/mol. The number of rotatable bonds is 3. The number of aliphatic hydroxyl groups is 1. The van der Waals surface area contributed by atoms with Crippen molar-refractivity contribution in [2.75, 3.05) is 13.1 Å². The van der Waals surface area contributed by atoms with E-state index in [0.717, 1.165) is 37.1 Å². The van der Waals surface area contributed by atoms with Crippen molar-refractivity contribution in [3.8, 4) is 0 Å². The van der Waals surface area contributed by atoms with E-state index < -0.39 is 6.10 Å². The van der Waals surface area contributed by atoms with E-state index in [9.17, 15) is 9.90 Å². The fraction of sp³-hybridized carbons (Fsp3) is 0.650. The predicted molar refractivity (Wildman–Crippen MR) is 116 cm³/mol. The molecule has 4 atom stereocenters. The number of fused-ring (bicyclic) bond motifs is 2. The molecular formula is C20H29Cl2N5O2. The van der Waals surface area contributed by atoms with Gasteiger partial charge in [-0.1, -0.05) is 12.8 Å². The standard InChI is InChI=1S/C20H27N5O2.2ClH/c26-18-7-13-9-21-8-12(13)5-16(18)24-20(27)14-6-17-19(22-10-14)25(11-23-17)15-3-1-2-4-15;;/h6,10-13,15-16,18,21,26H,1-5,7-9H2,(H,24,27);2*1H/t12-,13+,16-,18-;;/m0../s1. The van der Waals surface area contributed by atoms with E-state index >= 15 is 0 Å². The van der Waals surface area contributed by atoms with Crippen LogP contribution in [0.1, 0.15) is 54.9 Å². The van der Waals surface area contributed by atoms with E-state index in [2.05, 4.69) is 25.2 Å². The molecule has 160 valence electrons. The Kier molecular flexibility index (Phi) is 7.04. The lowest BCUT2D eigenvalue weighted by Gasteiger charge is -2.35. The number of aromatic nitrogens is 3. The Morgan fingerprint density at radius 1 is 1.14 bits per heavy atom. The first kappa shape index (κ1) is 22.3. The van der Waals surface area contributed by atoms with Crippen LogP contribution in [0.25, 0.3) is 11.2 Å². The second-order valence-corrected chi connectivity index (χ2v) is 8.45. The van der Waals surface area contributed by atoms with E-state index in [1.54, 1.807) is 6.20 Å². The van der Waals surface area contributed by atoms with Gasteiger partial charge in [-0.3, -0.25) is 4.79 Å².